The van der Waals surface area contributed by atoms with Gasteiger partial charge in [-0.25, -0.2) is 0 Å². The first-order valence-corrected chi connectivity index (χ1v) is 5.10. The van der Waals surface area contributed by atoms with Gasteiger partial charge < -0.3 is 15.9 Å². The third-order valence-electron chi connectivity index (χ3n) is 2.87. The van der Waals surface area contributed by atoms with Crippen molar-refractivity contribution in [1.82, 2.24) is 0 Å². The van der Waals surface area contributed by atoms with E-state index in [1.807, 2.05) is 0 Å². The molecule has 0 spiro atoms. The van der Waals surface area contributed by atoms with Crippen molar-refractivity contribution in [1.29, 1.82) is 0 Å². The van der Waals surface area contributed by atoms with E-state index in [1.54, 1.807) is 0 Å². The van der Waals surface area contributed by atoms with E-state index in [0.29, 0.717) is 6.54 Å². The molecule has 0 unspecified atom stereocenters. The van der Waals surface area contributed by atoms with E-state index < -0.39 is 5.97 Å². The third-order valence-corrected chi connectivity index (χ3v) is 2.87. The van der Waals surface area contributed by atoms with Crippen LogP contribution >= 0.6 is 0 Å². The fourth-order valence-corrected chi connectivity index (χ4v) is 2.08. The predicted octanol–water partition coefficient (Wildman–Crippen LogP) is 1.07. The molecule has 4 N–H and O–H groups in total. The molecule has 0 amide bonds. The Hall–Kier alpha value is -1.10. The molecule has 1 aliphatic rings. The Morgan fingerprint density at radius 2 is 1.80 bits per heavy atom. The highest BCUT2D eigenvalue weighted by molar-refractivity contribution is 5.67. The summed E-state index contributed by atoms with van der Waals surface area (Å²) in [4.78, 5) is 18.9. The Bertz CT molecular complexity index is 200. The van der Waals surface area contributed by atoms with Crippen molar-refractivity contribution in [3.63, 3.8) is 0 Å². The van der Waals surface area contributed by atoms with Gasteiger partial charge in [-0.2, -0.15) is 0 Å². The number of carboxylic acids is 1. The molecule has 1 rings (SSSR count). The van der Waals surface area contributed by atoms with Gasteiger partial charge in [0.1, 0.15) is 0 Å². The number of carbonyl (C=O) groups is 2. The average molecular weight is 217 g/mol. The molecule has 0 aromatic rings. The van der Waals surface area contributed by atoms with Crippen LogP contribution in [0.3, 0.4) is 0 Å². The molecular formula is C10H19NO4. The van der Waals surface area contributed by atoms with Crippen LogP contribution in [0.2, 0.25) is 0 Å². The zero-order chi connectivity index (χ0) is 11.7. The minimum Gasteiger partial charge on any atom is -0.483 e. The van der Waals surface area contributed by atoms with E-state index >= 15 is 0 Å². The molecule has 88 valence electrons. The van der Waals surface area contributed by atoms with Gasteiger partial charge in [-0.3, -0.25) is 9.59 Å². The fraction of sp³-hybridized carbons (Fsp3) is 0.800. The van der Waals surface area contributed by atoms with Gasteiger partial charge in [-0.05, 0) is 24.8 Å². The van der Waals surface area contributed by atoms with Gasteiger partial charge in [0, 0.05) is 0 Å². The molecule has 0 aromatic carbocycles. The van der Waals surface area contributed by atoms with Crippen molar-refractivity contribution in [2.75, 3.05) is 6.54 Å². The second-order valence-electron chi connectivity index (χ2n) is 3.94. The van der Waals surface area contributed by atoms with Crippen LogP contribution in [0.25, 0.3) is 0 Å². The number of hydrogen-bond acceptors (Lipinski definition) is 3. The van der Waals surface area contributed by atoms with Gasteiger partial charge in [0.05, 0.1) is 6.42 Å². The van der Waals surface area contributed by atoms with E-state index in [2.05, 4.69) is 0 Å². The van der Waals surface area contributed by atoms with Crippen LogP contribution in [0, 0.1) is 5.41 Å². The molecule has 0 aliphatic heterocycles. The normalized spacial score (nSPS) is 18.5. The standard InChI is InChI=1S/C9H17NO2.CH2O2/c10-7-9(6-8(11)12)4-2-1-3-5-9;2-1-3/h1-7,10H2,(H,11,12);1H,(H,2,3). The lowest BCUT2D eigenvalue weighted by atomic mass is 9.72. The van der Waals surface area contributed by atoms with Gasteiger partial charge >= 0.3 is 5.97 Å². The van der Waals surface area contributed by atoms with Crippen LogP contribution in [0.4, 0.5) is 0 Å². The number of hydrogen-bond donors (Lipinski definition) is 3. The number of carboxylic acid groups (broad SMARTS) is 2. The molecule has 15 heavy (non-hydrogen) atoms. The quantitative estimate of drug-likeness (QED) is 0.614. The van der Waals surface area contributed by atoms with Crippen molar-refractivity contribution in [3.8, 4) is 0 Å². The Morgan fingerprint density at radius 1 is 1.33 bits per heavy atom. The van der Waals surface area contributed by atoms with Crippen LogP contribution in [0.15, 0.2) is 0 Å². The Balaban J connectivity index is 0.000000583. The SMILES string of the molecule is NCC1(CC(=O)O)CCCCC1.O=CO. The lowest BCUT2D eigenvalue weighted by Gasteiger charge is -2.34. The summed E-state index contributed by atoms with van der Waals surface area (Å²) in [6.07, 6.45) is 5.77. The van der Waals surface area contributed by atoms with E-state index in [1.165, 1.54) is 6.42 Å². The smallest absolute Gasteiger partial charge is 0.303 e. The summed E-state index contributed by atoms with van der Waals surface area (Å²) in [5, 5.41) is 15.6. The van der Waals surface area contributed by atoms with E-state index in [9.17, 15) is 4.79 Å². The molecule has 1 saturated carbocycles. The zero-order valence-corrected chi connectivity index (χ0v) is 8.82. The highest BCUT2D eigenvalue weighted by atomic mass is 16.4. The summed E-state index contributed by atoms with van der Waals surface area (Å²) in [5.41, 5.74) is 5.54. The first kappa shape index (κ1) is 13.9. The van der Waals surface area contributed by atoms with Crippen LogP contribution in [-0.2, 0) is 9.59 Å². The second-order valence-corrected chi connectivity index (χ2v) is 3.94. The maximum Gasteiger partial charge on any atom is 0.303 e. The largest absolute Gasteiger partial charge is 0.483 e. The highest BCUT2D eigenvalue weighted by Crippen LogP contribution is 2.38. The Morgan fingerprint density at radius 3 is 2.13 bits per heavy atom. The van der Waals surface area contributed by atoms with E-state index in [0.717, 1.165) is 25.7 Å². The van der Waals surface area contributed by atoms with Crippen molar-refractivity contribution in [3.05, 3.63) is 0 Å². The lowest BCUT2D eigenvalue weighted by Crippen LogP contribution is -2.34. The molecule has 0 saturated heterocycles. The van der Waals surface area contributed by atoms with E-state index in [-0.39, 0.29) is 18.3 Å². The highest BCUT2D eigenvalue weighted by Gasteiger charge is 2.32. The second kappa shape index (κ2) is 7.23. The summed E-state index contributed by atoms with van der Waals surface area (Å²) in [7, 11) is 0. The van der Waals surface area contributed by atoms with Crippen LogP contribution in [-0.4, -0.2) is 29.2 Å². The molecule has 5 heteroatoms. The van der Waals surface area contributed by atoms with Gasteiger partial charge in [0.15, 0.2) is 0 Å². The number of rotatable bonds is 3. The first-order valence-electron chi connectivity index (χ1n) is 5.10. The van der Waals surface area contributed by atoms with E-state index in [4.69, 9.17) is 20.7 Å². The van der Waals surface area contributed by atoms with Crippen molar-refractivity contribution in [2.24, 2.45) is 11.1 Å². The average Bonchev–Trinajstić information content (AvgIpc) is 2.19. The topological polar surface area (TPSA) is 101 Å². The number of nitrogens with two attached hydrogens (primary N) is 1. The van der Waals surface area contributed by atoms with Crippen LogP contribution in [0.5, 0.6) is 0 Å². The maximum absolute atomic E-state index is 10.6. The number of aliphatic carboxylic acids is 1. The maximum atomic E-state index is 10.6. The van der Waals surface area contributed by atoms with Gasteiger partial charge in [0.2, 0.25) is 0 Å². The lowest BCUT2D eigenvalue weighted by molar-refractivity contribution is -0.140. The molecule has 1 fully saturated rings. The monoisotopic (exact) mass is 217 g/mol. The van der Waals surface area contributed by atoms with Crippen LogP contribution in [0.1, 0.15) is 38.5 Å². The summed E-state index contributed by atoms with van der Waals surface area (Å²) < 4.78 is 0. The summed E-state index contributed by atoms with van der Waals surface area (Å²) in [5.74, 6) is -0.706. The van der Waals surface area contributed by atoms with Crippen LogP contribution < -0.4 is 5.73 Å². The molecule has 0 heterocycles. The molecule has 0 bridgehead atoms. The minimum atomic E-state index is -0.706. The fourth-order valence-electron chi connectivity index (χ4n) is 2.08. The molecule has 0 radical (unpaired) electrons. The summed E-state index contributed by atoms with van der Waals surface area (Å²) in [6, 6.07) is 0. The molecule has 5 nitrogen and oxygen atoms in total. The summed E-state index contributed by atoms with van der Waals surface area (Å²) >= 11 is 0. The van der Waals surface area contributed by atoms with Gasteiger partial charge in [-0.15, -0.1) is 0 Å². The Labute approximate surface area is 89.3 Å². The zero-order valence-electron chi connectivity index (χ0n) is 8.82. The van der Waals surface area contributed by atoms with Gasteiger partial charge in [0.25, 0.3) is 6.47 Å². The molecule has 0 atom stereocenters. The third kappa shape index (κ3) is 5.37. The Kier molecular flexibility index (Phi) is 6.70. The predicted molar refractivity (Wildman–Crippen MR) is 55.5 cm³/mol. The van der Waals surface area contributed by atoms with Crippen molar-refractivity contribution in [2.45, 2.75) is 38.5 Å². The minimum absolute atomic E-state index is 0.0793. The summed E-state index contributed by atoms with van der Waals surface area (Å²) in [6.45, 7) is 0.277. The molecule has 0 aromatic heterocycles. The van der Waals surface area contributed by atoms with Gasteiger partial charge in [-0.1, -0.05) is 19.3 Å². The molecular weight excluding hydrogens is 198 g/mol. The van der Waals surface area contributed by atoms with Crippen molar-refractivity contribution < 1.29 is 19.8 Å². The first-order chi connectivity index (χ1) is 7.10. The van der Waals surface area contributed by atoms with Crippen molar-refractivity contribution >= 4 is 12.4 Å². The molecule has 1 aliphatic carbocycles.